The second-order valence-electron chi connectivity index (χ2n) is 6.15. The highest BCUT2D eigenvalue weighted by Crippen LogP contribution is 2.26. The van der Waals surface area contributed by atoms with Gasteiger partial charge in [0.2, 0.25) is 0 Å². The number of ether oxygens (including phenoxy) is 1. The molecule has 7 nitrogen and oxygen atoms in total. The number of hydrogen-bond acceptors (Lipinski definition) is 4. The summed E-state index contributed by atoms with van der Waals surface area (Å²) in [7, 11) is 1.46. The number of phenols is 1. The predicted molar refractivity (Wildman–Crippen MR) is 101 cm³/mol. The summed E-state index contributed by atoms with van der Waals surface area (Å²) in [4.78, 5) is 23.1. The molecule has 144 valence electrons. The number of amides is 2. The topological polar surface area (TPSA) is 108 Å². The molecule has 2 aromatic carbocycles. The molecule has 0 saturated heterocycles. The molecular formula is C20H24N2O5. The Morgan fingerprint density at radius 3 is 2.48 bits per heavy atom. The van der Waals surface area contributed by atoms with Gasteiger partial charge in [-0.25, -0.2) is 4.79 Å². The van der Waals surface area contributed by atoms with E-state index in [1.807, 2.05) is 30.3 Å². The van der Waals surface area contributed by atoms with Crippen molar-refractivity contribution >= 4 is 12.0 Å². The summed E-state index contributed by atoms with van der Waals surface area (Å²) in [6, 6.07) is 13.8. The van der Waals surface area contributed by atoms with Gasteiger partial charge in [0.15, 0.2) is 11.5 Å². The minimum absolute atomic E-state index is 0.000575. The highest BCUT2D eigenvalue weighted by atomic mass is 16.5. The van der Waals surface area contributed by atoms with E-state index in [2.05, 4.69) is 10.6 Å². The molecule has 0 bridgehead atoms. The fourth-order valence-corrected chi connectivity index (χ4v) is 2.69. The van der Waals surface area contributed by atoms with Crippen LogP contribution in [-0.4, -0.2) is 35.4 Å². The number of benzene rings is 2. The van der Waals surface area contributed by atoms with Gasteiger partial charge in [0.05, 0.1) is 7.11 Å². The van der Waals surface area contributed by atoms with Crippen molar-refractivity contribution in [1.82, 2.24) is 10.6 Å². The molecule has 0 radical (unpaired) electrons. The molecule has 4 N–H and O–H groups in total. The predicted octanol–water partition coefficient (Wildman–Crippen LogP) is 2.68. The molecule has 1 unspecified atom stereocenters. The van der Waals surface area contributed by atoms with E-state index in [1.165, 1.54) is 13.2 Å². The van der Waals surface area contributed by atoms with Crippen molar-refractivity contribution in [2.24, 2.45) is 0 Å². The molecular weight excluding hydrogens is 348 g/mol. The van der Waals surface area contributed by atoms with Crippen LogP contribution in [0.25, 0.3) is 0 Å². The van der Waals surface area contributed by atoms with Gasteiger partial charge in [0, 0.05) is 19.0 Å². The van der Waals surface area contributed by atoms with Crippen LogP contribution in [0, 0.1) is 0 Å². The van der Waals surface area contributed by atoms with E-state index < -0.39 is 12.0 Å². The van der Waals surface area contributed by atoms with Gasteiger partial charge in [-0.15, -0.1) is 0 Å². The van der Waals surface area contributed by atoms with Crippen LogP contribution in [0.4, 0.5) is 4.79 Å². The first-order chi connectivity index (χ1) is 13.0. The number of carboxylic acids is 1. The summed E-state index contributed by atoms with van der Waals surface area (Å²) in [5.74, 6) is -0.538. The number of methoxy groups -OCH3 is 1. The van der Waals surface area contributed by atoms with Gasteiger partial charge >= 0.3 is 12.0 Å². The maximum absolute atomic E-state index is 12.2. The fraction of sp³-hybridized carbons (Fsp3) is 0.300. The number of aromatic hydroxyl groups is 1. The van der Waals surface area contributed by atoms with Crippen LogP contribution in [0.1, 0.15) is 24.0 Å². The summed E-state index contributed by atoms with van der Waals surface area (Å²) in [5.41, 5.74) is 1.74. The average molecular weight is 372 g/mol. The number of nitrogens with one attached hydrogen (secondary N) is 2. The molecule has 0 aliphatic carbocycles. The summed E-state index contributed by atoms with van der Waals surface area (Å²) >= 11 is 0. The Balaban J connectivity index is 1.91. The third-order valence-electron chi connectivity index (χ3n) is 4.06. The molecule has 0 aromatic heterocycles. The van der Waals surface area contributed by atoms with Crippen molar-refractivity contribution in [2.45, 2.75) is 31.8 Å². The lowest BCUT2D eigenvalue weighted by molar-refractivity contribution is -0.137. The van der Waals surface area contributed by atoms with Crippen molar-refractivity contribution in [3.8, 4) is 11.5 Å². The number of carbonyl (C=O) groups is 2. The van der Waals surface area contributed by atoms with E-state index in [1.54, 1.807) is 12.1 Å². The molecule has 0 heterocycles. The van der Waals surface area contributed by atoms with E-state index in [4.69, 9.17) is 9.84 Å². The summed E-state index contributed by atoms with van der Waals surface area (Å²) in [6.07, 6.45) is 0.857. The van der Waals surface area contributed by atoms with E-state index in [0.29, 0.717) is 24.2 Å². The Morgan fingerprint density at radius 1 is 1.11 bits per heavy atom. The van der Waals surface area contributed by atoms with Crippen molar-refractivity contribution in [3.05, 3.63) is 59.7 Å². The van der Waals surface area contributed by atoms with Crippen LogP contribution in [0.2, 0.25) is 0 Å². The van der Waals surface area contributed by atoms with Gasteiger partial charge < -0.3 is 25.6 Å². The van der Waals surface area contributed by atoms with Crippen molar-refractivity contribution in [3.63, 3.8) is 0 Å². The molecule has 27 heavy (non-hydrogen) atoms. The second-order valence-corrected chi connectivity index (χ2v) is 6.15. The first-order valence-electron chi connectivity index (χ1n) is 8.64. The van der Waals surface area contributed by atoms with E-state index in [-0.39, 0.29) is 24.8 Å². The molecule has 0 spiro atoms. The molecule has 2 amide bonds. The SMILES string of the molecule is COc1ccc(CNC(=O)NC(CCC(=O)O)Cc2ccccc2)cc1O. The zero-order valence-electron chi connectivity index (χ0n) is 15.1. The third kappa shape index (κ3) is 6.89. The van der Waals surface area contributed by atoms with Gasteiger partial charge in [-0.2, -0.15) is 0 Å². The first kappa shape index (κ1) is 20.1. The number of aliphatic carboxylic acids is 1. The smallest absolute Gasteiger partial charge is 0.315 e. The maximum Gasteiger partial charge on any atom is 0.315 e. The van der Waals surface area contributed by atoms with Gasteiger partial charge in [-0.3, -0.25) is 4.79 Å². The van der Waals surface area contributed by atoms with Crippen molar-refractivity contribution in [2.75, 3.05) is 7.11 Å². The minimum Gasteiger partial charge on any atom is -0.504 e. The Morgan fingerprint density at radius 2 is 1.85 bits per heavy atom. The molecule has 2 rings (SSSR count). The molecule has 0 fully saturated rings. The van der Waals surface area contributed by atoms with E-state index in [9.17, 15) is 14.7 Å². The summed E-state index contributed by atoms with van der Waals surface area (Å²) in [5, 5.41) is 24.2. The molecule has 0 aliphatic heterocycles. The Bertz CT molecular complexity index is 764. The van der Waals surface area contributed by atoms with E-state index in [0.717, 1.165) is 5.56 Å². The second kappa shape index (κ2) is 10.1. The van der Waals surface area contributed by atoms with Crippen LogP contribution < -0.4 is 15.4 Å². The number of carboxylic acid groups (broad SMARTS) is 1. The van der Waals surface area contributed by atoms with Crippen LogP contribution in [-0.2, 0) is 17.8 Å². The number of phenolic OH excluding ortho intramolecular Hbond substituents is 1. The van der Waals surface area contributed by atoms with Gasteiger partial charge in [-0.1, -0.05) is 36.4 Å². The first-order valence-corrected chi connectivity index (χ1v) is 8.64. The lowest BCUT2D eigenvalue weighted by atomic mass is 10.0. The molecule has 1 atom stereocenters. The summed E-state index contributed by atoms with van der Waals surface area (Å²) < 4.78 is 4.98. The molecule has 0 aliphatic rings. The molecule has 7 heteroatoms. The largest absolute Gasteiger partial charge is 0.504 e. The lowest BCUT2D eigenvalue weighted by Crippen LogP contribution is -2.43. The highest BCUT2D eigenvalue weighted by molar-refractivity contribution is 5.74. The summed E-state index contributed by atoms with van der Waals surface area (Å²) in [6.45, 7) is 0.223. The lowest BCUT2D eigenvalue weighted by Gasteiger charge is -2.19. The average Bonchev–Trinajstić information content (AvgIpc) is 2.65. The Kier molecular flexibility index (Phi) is 7.49. The van der Waals surface area contributed by atoms with Crippen LogP contribution >= 0.6 is 0 Å². The third-order valence-corrected chi connectivity index (χ3v) is 4.06. The van der Waals surface area contributed by atoms with E-state index >= 15 is 0 Å². The Labute approximate surface area is 158 Å². The standard InChI is InChI=1S/C20H24N2O5/c1-27-18-9-7-15(12-17(18)23)13-21-20(26)22-16(8-10-19(24)25)11-14-5-3-2-4-6-14/h2-7,9,12,16,23H,8,10-11,13H2,1H3,(H,24,25)(H2,21,22,26). The minimum atomic E-state index is -0.899. The normalized spacial score (nSPS) is 11.4. The zero-order chi connectivity index (χ0) is 19.6. The zero-order valence-corrected chi connectivity index (χ0v) is 15.1. The quantitative estimate of drug-likeness (QED) is 0.541. The maximum atomic E-state index is 12.2. The number of hydrogen-bond donors (Lipinski definition) is 4. The monoisotopic (exact) mass is 372 g/mol. The van der Waals surface area contributed by atoms with Gasteiger partial charge in [0.25, 0.3) is 0 Å². The molecule has 0 saturated carbocycles. The van der Waals surface area contributed by atoms with Crippen LogP contribution in [0.5, 0.6) is 11.5 Å². The number of carbonyl (C=O) groups excluding carboxylic acids is 1. The number of rotatable bonds is 9. The van der Waals surface area contributed by atoms with Gasteiger partial charge in [0.1, 0.15) is 0 Å². The highest BCUT2D eigenvalue weighted by Gasteiger charge is 2.15. The van der Waals surface area contributed by atoms with Crippen molar-refractivity contribution < 1.29 is 24.5 Å². The van der Waals surface area contributed by atoms with Crippen LogP contribution in [0.3, 0.4) is 0 Å². The van der Waals surface area contributed by atoms with Gasteiger partial charge in [-0.05, 0) is 36.1 Å². The van der Waals surface area contributed by atoms with Crippen molar-refractivity contribution in [1.29, 1.82) is 0 Å². The number of urea groups is 1. The van der Waals surface area contributed by atoms with Crippen LogP contribution in [0.15, 0.2) is 48.5 Å². The fourth-order valence-electron chi connectivity index (χ4n) is 2.69. The molecule has 2 aromatic rings. The Hall–Kier alpha value is -3.22.